The molecule has 2 nitrogen and oxygen atoms in total. The number of amides is 1. The molecule has 0 unspecified atom stereocenters. The lowest BCUT2D eigenvalue weighted by molar-refractivity contribution is -0.123. The van der Waals surface area contributed by atoms with E-state index in [0.717, 1.165) is 12.1 Å². The fraction of sp³-hybridized carbons (Fsp3) is 0.364. The van der Waals surface area contributed by atoms with Crippen LogP contribution in [0.15, 0.2) is 16.6 Å². The Balaban J connectivity index is 3.03. The first-order valence-corrected chi connectivity index (χ1v) is 5.47. The monoisotopic (exact) mass is 291 g/mol. The predicted octanol–water partition coefficient (Wildman–Crippen LogP) is 3.71. The number of hydrogen-bond acceptors (Lipinski definition) is 1. The number of carbonyl (C=O) groups excluding carboxylic acids is 1. The normalized spacial score (nSPS) is 11.4. The summed E-state index contributed by atoms with van der Waals surface area (Å²) in [5, 5.41) is 2.24. The molecule has 1 rings (SSSR count). The molecule has 0 heterocycles. The molecule has 0 atom stereocenters. The molecular formula is C11H12BrF2NO. The number of benzene rings is 1. The highest BCUT2D eigenvalue weighted by molar-refractivity contribution is 9.10. The van der Waals surface area contributed by atoms with Gasteiger partial charge in [-0.3, -0.25) is 4.79 Å². The lowest BCUT2D eigenvalue weighted by Crippen LogP contribution is -2.28. The second-order valence-electron chi connectivity index (χ2n) is 4.45. The minimum Gasteiger partial charge on any atom is -0.321 e. The molecule has 1 amide bonds. The van der Waals surface area contributed by atoms with Gasteiger partial charge in [-0.05, 0) is 12.1 Å². The van der Waals surface area contributed by atoms with Gasteiger partial charge in [-0.25, -0.2) is 8.78 Å². The van der Waals surface area contributed by atoms with Crippen molar-refractivity contribution in [2.24, 2.45) is 5.41 Å². The van der Waals surface area contributed by atoms with Crippen molar-refractivity contribution in [1.82, 2.24) is 0 Å². The van der Waals surface area contributed by atoms with E-state index in [9.17, 15) is 13.6 Å². The number of anilines is 1. The van der Waals surface area contributed by atoms with Gasteiger partial charge < -0.3 is 5.32 Å². The first-order valence-electron chi connectivity index (χ1n) is 4.68. The van der Waals surface area contributed by atoms with E-state index in [4.69, 9.17) is 0 Å². The predicted molar refractivity (Wildman–Crippen MR) is 62.1 cm³/mol. The SMILES string of the molecule is CC(C)(C)C(=O)Nc1c(F)cc(Br)cc1F. The van der Waals surface area contributed by atoms with E-state index in [2.05, 4.69) is 21.2 Å². The summed E-state index contributed by atoms with van der Waals surface area (Å²) >= 11 is 2.96. The lowest BCUT2D eigenvalue weighted by Gasteiger charge is -2.18. The highest BCUT2D eigenvalue weighted by Crippen LogP contribution is 2.25. The Bertz CT molecular complexity index is 403. The number of halogens is 3. The van der Waals surface area contributed by atoms with E-state index in [1.807, 2.05) is 0 Å². The quantitative estimate of drug-likeness (QED) is 0.840. The molecule has 0 aromatic heterocycles. The van der Waals surface area contributed by atoms with E-state index in [0.29, 0.717) is 0 Å². The van der Waals surface area contributed by atoms with Gasteiger partial charge in [0, 0.05) is 9.89 Å². The third-order valence-electron chi connectivity index (χ3n) is 1.93. The Morgan fingerprint density at radius 2 is 1.69 bits per heavy atom. The maximum Gasteiger partial charge on any atom is 0.229 e. The molecule has 0 saturated heterocycles. The van der Waals surface area contributed by atoms with Crippen molar-refractivity contribution in [1.29, 1.82) is 0 Å². The first-order chi connectivity index (χ1) is 7.21. The minimum absolute atomic E-state index is 0.288. The van der Waals surface area contributed by atoms with Crippen molar-refractivity contribution >= 4 is 27.5 Å². The van der Waals surface area contributed by atoms with Gasteiger partial charge in [0.05, 0.1) is 0 Å². The summed E-state index contributed by atoms with van der Waals surface area (Å²) in [6, 6.07) is 2.20. The Labute approximate surface area is 101 Å². The zero-order chi connectivity index (χ0) is 12.5. The molecule has 0 saturated carbocycles. The highest BCUT2D eigenvalue weighted by Gasteiger charge is 2.23. The number of hydrogen-bond donors (Lipinski definition) is 1. The Hall–Kier alpha value is -0.970. The molecule has 0 radical (unpaired) electrons. The van der Waals surface area contributed by atoms with Gasteiger partial charge in [0.25, 0.3) is 0 Å². The summed E-state index contributed by atoms with van der Waals surface area (Å²) < 4.78 is 27.0. The van der Waals surface area contributed by atoms with E-state index in [1.165, 1.54) is 0 Å². The molecule has 88 valence electrons. The number of nitrogens with one attached hydrogen (secondary N) is 1. The fourth-order valence-electron chi connectivity index (χ4n) is 0.963. The Morgan fingerprint density at radius 3 is 2.06 bits per heavy atom. The van der Waals surface area contributed by atoms with Gasteiger partial charge in [-0.15, -0.1) is 0 Å². The molecule has 0 aliphatic carbocycles. The zero-order valence-corrected chi connectivity index (χ0v) is 10.8. The van der Waals surface area contributed by atoms with Crippen LogP contribution in [-0.2, 0) is 4.79 Å². The summed E-state index contributed by atoms with van der Waals surface area (Å²) in [7, 11) is 0. The lowest BCUT2D eigenvalue weighted by atomic mass is 9.95. The van der Waals surface area contributed by atoms with Crippen LogP contribution in [-0.4, -0.2) is 5.91 Å². The molecule has 16 heavy (non-hydrogen) atoms. The van der Waals surface area contributed by atoms with E-state index < -0.39 is 28.6 Å². The smallest absolute Gasteiger partial charge is 0.229 e. The maximum atomic E-state index is 13.4. The van der Waals surface area contributed by atoms with Gasteiger partial charge in [0.1, 0.15) is 5.69 Å². The van der Waals surface area contributed by atoms with Crippen LogP contribution < -0.4 is 5.32 Å². The molecule has 5 heteroatoms. The molecular weight excluding hydrogens is 280 g/mol. The molecule has 0 fully saturated rings. The summed E-state index contributed by atoms with van der Waals surface area (Å²) in [5.74, 6) is -2.04. The van der Waals surface area contributed by atoms with Crippen LogP contribution in [0.2, 0.25) is 0 Å². The van der Waals surface area contributed by atoms with Crippen molar-refractivity contribution in [3.05, 3.63) is 28.2 Å². The van der Waals surface area contributed by atoms with E-state index in [1.54, 1.807) is 20.8 Å². The van der Waals surface area contributed by atoms with Crippen molar-refractivity contribution < 1.29 is 13.6 Å². The maximum absolute atomic E-state index is 13.4. The molecule has 0 spiro atoms. The highest BCUT2D eigenvalue weighted by atomic mass is 79.9. The molecule has 1 aromatic carbocycles. The van der Waals surface area contributed by atoms with Crippen molar-refractivity contribution in [3.8, 4) is 0 Å². The third kappa shape index (κ3) is 3.01. The molecule has 1 aromatic rings. The zero-order valence-electron chi connectivity index (χ0n) is 9.20. The van der Waals surface area contributed by atoms with Crippen LogP contribution in [0.3, 0.4) is 0 Å². The van der Waals surface area contributed by atoms with Crippen molar-refractivity contribution in [2.45, 2.75) is 20.8 Å². The largest absolute Gasteiger partial charge is 0.321 e. The summed E-state index contributed by atoms with van der Waals surface area (Å²) in [6.45, 7) is 4.99. The second-order valence-corrected chi connectivity index (χ2v) is 5.36. The minimum atomic E-state index is -0.801. The Kier molecular flexibility index (Phi) is 3.68. The Morgan fingerprint density at radius 1 is 1.25 bits per heavy atom. The average Bonchev–Trinajstić information content (AvgIpc) is 2.08. The number of carbonyl (C=O) groups is 1. The molecule has 1 N–H and O–H groups in total. The first kappa shape index (κ1) is 13.1. The second kappa shape index (κ2) is 4.49. The van der Waals surface area contributed by atoms with E-state index in [-0.39, 0.29) is 4.47 Å². The average molecular weight is 292 g/mol. The van der Waals surface area contributed by atoms with Crippen molar-refractivity contribution in [2.75, 3.05) is 5.32 Å². The van der Waals surface area contributed by atoms with Crippen LogP contribution in [0.4, 0.5) is 14.5 Å². The summed E-state index contributed by atoms with van der Waals surface area (Å²) in [4.78, 5) is 11.6. The fourth-order valence-corrected chi connectivity index (χ4v) is 1.36. The van der Waals surface area contributed by atoms with Gasteiger partial charge in [0.2, 0.25) is 5.91 Å². The van der Waals surface area contributed by atoms with Gasteiger partial charge in [-0.2, -0.15) is 0 Å². The van der Waals surface area contributed by atoms with Crippen LogP contribution in [0.25, 0.3) is 0 Å². The van der Waals surface area contributed by atoms with Gasteiger partial charge in [-0.1, -0.05) is 36.7 Å². The third-order valence-corrected chi connectivity index (χ3v) is 2.38. The molecule has 0 aliphatic rings. The summed E-state index contributed by atoms with van der Waals surface area (Å²) in [6.07, 6.45) is 0. The van der Waals surface area contributed by atoms with Gasteiger partial charge >= 0.3 is 0 Å². The van der Waals surface area contributed by atoms with Gasteiger partial charge in [0.15, 0.2) is 11.6 Å². The standard InChI is InChI=1S/C11H12BrF2NO/c1-11(2,3)10(16)15-9-7(13)4-6(12)5-8(9)14/h4-5H,1-3H3,(H,15,16). The summed E-state index contributed by atoms with van der Waals surface area (Å²) in [5.41, 5.74) is -1.12. The van der Waals surface area contributed by atoms with Crippen LogP contribution in [0.1, 0.15) is 20.8 Å². The van der Waals surface area contributed by atoms with Crippen LogP contribution in [0.5, 0.6) is 0 Å². The topological polar surface area (TPSA) is 29.1 Å². The molecule has 0 aliphatic heterocycles. The van der Waals surface area contributed by atoms with Crippen LogP contribution >= 0.6 is 15.9 Å². The molecule has 0 bridgehead atoms. The van der Waals surface area contributed by atoms with E-state index >= 15 is 0 Å². The van der Waals surface area contributed by atoms with Crippen molar-refractivity contribution in [3.63, 3.8) is 0 Å². The number of rotatable bonds is 1. The van der Waals surface area contributed by atoms with Crippen LogP contribution in [0, 0.1) is 17.0 Å².